The number of likely N-dealkylation sites (N-methyl/N-ethyl adjacent to an activating group) is 2. The van der Waals surface area contributed by atoms with Crippen molar-refractivity contribution in [1.29, 1.82) is 0 Å². The Kier molecular flexibility index (Phi) is 4.60. The Bertz CT molecular complexity index is 492. The molecule has 20 heavy (non-hydrogen) atoms. The Balaban J connectivity index is 2.07. The van der Waals surface area contributed by atoms with E-state index in [2.05, 4.69) is 11.8 Å². The highest BCUT2D eigenvalue weighted by Gasteiger charge is 2.26. The minimum absolute atomic E-state index is 0.0496. The first-order valence-electron chi connectivity index (χ1n) is 7.07. The van der Waals surface area contributed by atoms with Crippen LogP contribution in [-0.4, -0.2) is 48.4 Å². The topological polar surface area (TPSA) is 49.6 Å². The number of likely N-dealkylation sites (tertiary alicyclic amines) is 1. The normalized spacial score (nSPS) is 19.2. The lowest BCUT2D eigenvalue weighted by Crippen LogP contribution is -2.41. The van der Waals surface area contributed by atoms with Crippen molar-refractivity contribution in [2.24, 2.45) is 0 Å². The molecule has 0 radical (unpaired) electrons. The molecule has 1 amide bonds. The number of nitrogen functional groups attached to an aromatic ring is 1. The largest absolute Gasteiger partial charge is 0.399 e. The molecule has 0 bridgehead atoms. The van der Waals surface area contributed by atoms with E-state index in [9.17, 15) is 9.18 Å². The van der Waals surface area contributed by atoms with Crippen LogP contribution < -0.4 is 5.73 Å². The van der Waals surface area contributed by atoms with Gasteiger partial charge in [-0.25, -0.2) is 4.39 Å². The number of anilines is 1. The monoisotopic (exact) mass is 279 g/mol. The van der Waals surface area contributed by atoms with Crippen LogP contribution in [0.25, 0.3) is 0 Å². The van der Waals surface area contributed by atoms with Gasteiger partial charge in [-0.2, -0.15) is 0 Å². The van der Waals surface area contributed by atoms with Crippen molar-refractivity contribution in [2.75, 3.05) is 32.4 Å². The molecule has 0 spiro atoms. The molecule has 1 aliphatic rings. The van der Waals surface area contributed by atoms with E-state index in [0.717, 1.165) is 25.9 Å². The fraction of sp³-hybridized carbons (Fsp3) is 0.533. The second-order valence-corrected chi connectivity index (χ2v) is 5.35. The maximum Gasteiger partial charge on any atom is 0.256 e. The SMILES string of the molecule is CCN1CCCC1CN(C)C(=O)c1cc(N)ccc1F. The van der Waals surface area contributed by atoms with Gasteiger partial charge in [0.25, 0.3) is 5.91 Å². The molecule has 0 aromatic heterocycles. The lowest BCUT2D eigenvalue weighted by atomic mass is 10.1. The number of hydrogen-bond donors (Lipinski definition) is 1. The molecule has 5 heteroatoms. The summed E-state index contributed by atoms with van der Waals surface area (Å²) in [6, 6.07) is 4.48. The van der Waals surface area contributed by atoms with Crippen LogP contribution in [-0.2, 0) is 0 Å². The number of nitrogens with zero attached hydrogens (tertiary/aromatic N) is 2. The summed E-state index contributed by atoms with van der Waals surface area (Å²) in [6.07, 6.45) is 2.25. The Morgan fingerprint density at radius 1 is 1.55 bits per heavy atom. The Morgan fingerprint density at radius 2 is 2.30 bits per heavy atom. The number of carbonyl (C=O) groups is 1. The summed E-state index contributed by atoms with van der Waals surface area (Å²) in [6.45, 7) is 4.81. The van der Waals surface area contributed by atoms with Gasteiger partial charge >= 0.3 is 0 Å². The van der Waals surface area contributed by atoms with Crippen molar-refractivity contribution in [3.8, 4) is 0 Å². The van der Waals surface area contributed by atoms with E-state index in [1.807, 2.05) is 0 Å². The third-order valence-electron chi connectivity index (χ3n) is 3.96. The second-order valence-electron chi connectivity index (χ2n) is 5.35. The van der Waals surface area contributed by atoms with Crippen LogP contribution in [0.2, 0.25) is 0 Å². The number of nitrogens with two attached hydrogens (primary N) is 1. The fourth-order valence-electron chi connectivity index (χ4n) is 2.83. The number of amides is 1. The Labute approximate surface area is 119 Å². The van der Waals surface area contributed by atoms with Crippen molar-refractivity contribution in [1.82, 2.24) is 9.80 Å². The van der Waals surface area contributed by atoms with E-state index in [4.69, 9.17) is 5.73 Å². The van der Waals surface area contributed by atoms with Crippen LogP contribution in [0.5, 0.6) is 0 Å². The zero-order valence-corrected chi connectivity index (χ0v) is 12.1. The molecule has 2 N–H and O–H groups in total. The molecule has 0 saturated carbocycles. The number of hydrogen-bond acceptors (Lipinski definition) is 3. The number of carbonyl (C=O) groups excluding carboxylic acids is 1. The predicted molar refractivity (Wildman–Crippen MR) is 78.0 cm³/mol. The molecule has 1 fully saturated rings. The zero-order chi connectivity index (χ0) is 14.7. The summed E-state index contributed by atoms with van der Waals surface area (Å²) in [4.78, 5) is 16.3. The Morgan fingerprint density at radius 3 is 3.00 bits per heavy atom. The number of halogens is 1. The first-order valence-corrected chi connectivity index (χ1v) is 7.07. The van der Waals surface area contributed by atoms with Crippen molar-refractivity contribution in [2.45, 2.75) is 25.8 Å². The summed E-state index contributed by atoms with van der Waals surface area (Å²) in [7, 11) is 1.72. The molecule has 1 aliphatic heterocycles. The molecule has 1 atom stereocenters. The highest BCUT2D eigenvalue weighted by Crippen LogP contribution is 2.19. The van der Waals surface area contributed by atoms with Gasteiger partial charge in [-0.15, -0.1) is 0 Å². The van der Waals surface area contributed by atoms with Crippen LogP contribution in [0.4, 0.5) is 10.1 Å². The summed E-state index contributed by atoms with van der Waals surface area (Å²) in [5, 5.41) is 0. The van der Waals surface area contributed by atoms with Gasteiger partial charge in [0, 0.05) is 25.3 Å². The maximum absolute atomic E-state index is 13.7. The van der Waals surface area contributed by atoms with E-state index < -0.39 is 5.82 Å². The molecule has 1 unspecified atom stereocenters. The highest BCUT2D eigenvalue weighted by molar-refractivity contribution is 5.95. The van der Waals surface area contributed by atoms with Gasteiger partial charge in [0.15, 0.2) is 0 Å². The molecule has 1 heterocycles. The maximum atomic E-state index is 13.7. The minimum atomic E-state index is -0.519. The van der Waals surface area contributed by atoms with Crippen LogP contribution in [0, 0.1) is 5.82 Å². The summed E-state index contributed by atoms with van der Waals surface area (Å²) in [5.41, 5.74) is 6.08. The average Bonchev–Trinajstić information content (AvgIpc) is 2.87. The summed E-state index contributed by atoms with van der Waals surface area (Å²) >= 11 is 0. The van der Waals surface area contributed by atoms with E-state index in [1.54, 1.807) is 11.9 Å². The smallest absolute Gasteiger partial charge is 0.256 e. The lowest BCUT2D eigenvalue weighted by molar-refractivity contribution is 0.0750. The third kappa shape index (κ3) is 3.10. The van der Waals surface area contributed by atoms with Crippen molar-refractivity contribution < 1.29 is 9.18 Å². The van der Waals surface area contributed by atoms with Gasteiger partial charge in [-0.05, 0) is 44.1 Å². The second kappa shape index (κ2) is 6.22. The standard InChI is InChI=1S/C15H22FN3O/c1-3-19-8-4-5-12(19)10-18(2)15(20)13-9-11(17)6-7-14(13)16/h6-7,9,12H,3-5,8,10,17H2,1-2H3. The summed E-state index contributed by atoms with van der Waals surface area (Å²) in [5.74, 6) is -0.826. The van der Waals surface area contributed by atoms with E-state index in [-0.39, 0.29) is 11.5 Å². The first-order chi connectivity index (χ1) is 9.52. The van der Waals surface area contributed by atoms with Crippen molar-refractivity contribution in [3.63, 3.8) is 0 Å². The van der Waals surface area contributed by atoms with E-state index >= 15 is 0 Å². The van der Waals surface area contributed by atoms with Gasteiger partial charge in [-0.1, -0.05) is 6.92 Å². The van der Waals surface area contributed by atoms with E-state index in [0.29, 0.717) is 18.3 Å². The van der Waals surface area contributed by atoms with Crippen LogP contribution >= 0.6 is 0 Å². The van der Waals surface area contributed by atoms with E-state index in [1.165, 1.54) is 18.2 Å². The number of benzene rings is 1. The molecule has 110 valence electrons. The molecule has 1 aromatic carbocycles. The zero-order valence-electron chi connectivity index (χ0n) is 12.1. The highest BCUT2D eigenvalue weighted by atomic mass is 19.1. The lowest BCUT2D eigenvalue weighted by Gasteiger charge is -2.28. The molecular weight excluding hydrogens is 257 g/mol. The third-order valence-corrected chi connectivity index (χ3v) is 3.96. The Hall–Kier alpha value is -1.62. The molecule has 4 nitrogen and oxygen atoms in total. The first kappa shape index (κ1) is 14.8. The average molecular weight is 279 g/mol. The van der Waals surface area contributed by atoms with Crippen molar-refractivity contribution >= 4 is 11.6 Å². The van der Waals surface area contributed by atoms with Gasteiger partial charge < -0.3 is 10.6 Å². The summed E-state index contributed by atoms with van der Waals surface area (Å²) < 4.78 is 13.7. The van der Waals surface area contributed by atoms with Crippen LogP contribution in [0.3, 0.4) is 0 Å². The molecule has 1 saturated heterocycles. The minimum Gasteiger partial charge on any atom is -0.399 e. The molecular formula is C15H22FN3O. The van der Waals surface area contributed by atoms with Crippen LogP contribution in [0.15, 0.2) is 18.2 Å². The quantitative estimate of drug-likeness (QED) is 0.857. The van der Waals surface area contributed by atoms with Gasteiger partial charge in [0.05, 0.1) is 5.56 Å². The van der Waals surface area contributed by atoms with Crippen molar-refractivity contribution in [3.05, 3.63) is 29.6 Å². The molecule has 1 aromatic rings. The fourth-order valence-corrected chi connectivity index (χ4v) is 2.83. The molecule has 2 rings (SSSR count). The molecule has 0 aliphatic carbocycles. The predicted octanol–water partition coefficient (Wildman–Crippen LogP) is 1.96. The van der Waals surface area contributed by atoms with Crippen LogP contribution in [0.1, 0.15) is 30.1 Å². The van der Waals surface area contributed by atoms with Gasteiger partial charge in [-0.3, -0.25) is 9.69 Å². The van der Waals surface area contributed by atoms with Gasteiger partial charge in [0.2, 0.25) is 0 Å². The van der Waals surface area contributed by atoms with Gasteiger partial charge in [0.1, 0.15) is 5.82 Å². The number of rotatable bonds is 4.